The fourth-order valence-corrected chi connectivity index (χ4v) is 6.82. The van der Waals surface area contributed by atoms with Gasteiger partial charge in [-0.05, 0) is 69.4 Å². The summed E-state index contributed by atoms with van der Waals surface area (Å²) in [5.74, 6) is 1.00. The van der Waals surface area contributed by atoms with Crippen LogP contribution in [0.25, 0.3) is 28.0 Å². The molecule has 2 aliphatic heterocycles. The Kier molecular flexibility index (Phi) is 6.41. The summed E-state index contributed by atoms with van der Waals surface area (Å²) in [5.41, 5.74) is 12.7. The molecule has 12 heteroatoms. The van der Waals surface area contributed by atoms with E-state index in [-0.39, 0.29) is 41.3 Å². The van der Waals surface area contributed by atoms with Crippen molar-refractivity contribution in [3.8, 4) is 28.1 Å². The van der Waals surface area contributed by atoms with Gasteiger partial charge in [-0.3, -0.25) is 14.6 Å². The van der Waals surface area contributed by atoms with Gasteiger partial charge in [-0.2, -0.15) is 9.61 Å². The van der Waals surface area contributed by atoms with Gasteiger partial charge in [0.25, 0.3) is 5.91 Å². The van der Waals surface area contributed by atoms with Crippen molar-refractivity contribution in [3.05, 3.63) is 71.7 Å². The molecule has 1 amide bonds. The van der Waals surface area contributed by atoms with E-state index in [0.717, 1.165) is 46.5 Å². The van der Waals surface area contributed by atoms with Crippen molar-refractivity contribution < 1.29 is 14.3 Å². The minimum absolute atomic E-state index is 0.0168. The van der Waals surface area contributed by atoms with E-state index in [4.69, 9.17) is 20.4 Å². The molecule has 43 heavy (non-hydrogen) atoms. The maximum atomic E-state index is 13.2. The summed E-state index contributed by atoms with van der Waals surface area (Å²) in [6.45, 7) is 3.51. The molecule has 12 nitrogen and oxygen atoms in total. The molecule has 0 aliphatic carbocycles. The Hall–Kier alpha value is -5.13. The Morgan fingerprint density at radius 1 is 1.07 bits per heavy atom. The van der Waals surface area contributed by atoms with Gasteiger partial charge in [-0.25, -0.2) is 4.98 Å². The first kappa shape index (κ1) is 26.7. The van der Waals surface area contributed by atoms with Crippen LogP contribution in [-0.4, -0.2) is 70.5 Å². The number of piperidine rings is 1. The zero-order valence-electron chi connectivity index (χ0n) is 24.1. The van der Waals surface area contributed by atoms with Crippen LogP contribution in [0.3, 0.4) is 0 Å². The molecule has 5 aromatic rings. The Bertz CT molecular complexity index is 1850. The number of H-pyrrole nitrogens is 1. The number of aromatic amines is 1. The second kappa shape index (κ2) is 10.3. The van der Waals surface area contributed by atoms with Gasteiger partial charge in [-0.15, -0.1) is 10.2 Å². The second-order valence-electron chi connectivity index (χ2n) is 11.3. The van der Waals surface area contributed by atoms with Crippen molar-refractivity contribution in [1.82, 2.24) is 39.7 Å². The highest BCUT2D eigenvalue weighted by Crippen LogP contribution is 2.45. The number of hydrogen-bond donors (Lipinski definition) is 2. The minimum Gasteiger partial charge on any atom is -0.496 e. The minimum atomic E-state index is -0.160. The first-order valence-corrected chi connectivity index (χ1v) is 14.3. The number of amides is 1. The number of aryl methyl sites for hydroxylation is 1. The molecule has 7 rings (SSSR count). The first-order valence-electron chi connectivity index (χ1n) is 14.3. The van der Waals surface area contributed by atoms with Crippen molar-refractivity contribution in [3.63, 3.8) is 0 Å². The molecule has 0 spiro atoms. The average molecular weight is 578 g/mol. The smallest absolute Gasteiger partial charge is 0.292 e. The van der Waals surface area contributed by atoms with Crippen LogP contribution in [0.1, 0.15) is 70.8 Å². The standard InChI is InChI=1S/C31H31N9O3/c1-16-10-18(5-9-25(16)43-3)24-8-4-19(13-33-24)23-14-36-40-28(32)26(17(2)41)27(37-30(23)40)20-11-21-6-7-22(12-20)39(21)31(42)29-34-15-35-38-29/h4-5,8-10,13-15,20-22H,6-7,11-12,32H2,1-3H3,(H,34,35,38)/t20-,21+,22-. The predicted molar refractivity (Wildman–Crippen MR) is 159 cm³/mol. The number of methoxy groups -OCH3 is 1. The zero-order chi connectivity index (χ0) is 29.8. The Balaban J connectivity index is 1.24. The summed E-state index contributed by atoms with van der Waals surface area (Å²) in [5, 5.41) is 12.2. The van der Waals surface area contributed by atoms with E-state index in [9.17, 15) is 9.59 Å². The van der Waals surface area contributed by atoms with E-state index in [1.807, 2.05) is 42.2 Å². The molecule has 4 aromatic heterocycles. The van der Waals surface area contributed by atoms with E-state index < -0.39 is 0 Å². The number of nitrogens with zero attached hydrogens (tertiary/aromatic N) is 7. The van der Waals surface area contributed by atoms with Crippen LogP contribution in [-0.2, 0) is 0 Å². The summed E-state index contributed by atoms with van der Waals surface area (Å²) in [6.07, 6.45) is 8.06. The monoisotopic (exact) mass is 577 g/mol. The fraction of sp³-hybridized carbons (Fsp3) is 0.323. The van der Waals surface area contributed by atoms with Crippen LogP contribution in [0.4, 0.5) is 5.82 Å². The number of anilines is 1. The lowest BCUT2D eigenvalue weighted by Gasteiger charge is -2.38. The number of carbonyl (C=O) groups is 2. The maximum absolute atomic E-state index is 13.2. The highest BCUT2D eigenvalue weighted by Gasteiger charge is 2.45. The predicted octanol–water partition coefficient (Wildman–Crippen LogP) is 4.23. The van der Waals surface area contributed by atoms with Crippen LogP contribution >= 0.6 is 0 Å². The van der Waals surface area contributed by atoms with E-state index >= 15 is 0 Å². The molecule has 2 saturated heterocycles. The number of carbonyl (C=O) groups excluding carboxylic acids is 2. The van der Waals surface area contributed by atoms with Gasteiger partial charge in [0.1, 0.15) is 17.9 Å². The quantitative estimate of drug-likeness (QED) is 0.282. The van der Waals surface area contributed by atoms with E-state index in [2.05, 4.69) is 20.3 Å². The van der Waals surface area contributed by atoms with Gasteiger partial charge in [0, 0.05) is 40.9 Å². The molecule has 0 unspecified atom stereocenters. The number of nitrogens with two attached hydrogens (primary N) is 1. The van der Waals surface area contributed by atoms with Gasteiger partial charge in [0.05, 0.1) is 30.3 Å². The van der Waals surface area contributed by atoms with E-state index in [1.165, 1.54) is 17.8 Å². The zero-order valence-corrected chi connectivity index (χ0v) is 24.1. The molecule has 0 saturated carbocycles. The van der Waals surface area contributed by atoms with Crippen molar-refractivity contribution in [2.75, 3.05) is 12.8 Å². The average Bonchev–Trinajstić information content (AvgIpc) is 3.75. The topological polar surface area (TPSA) is 157 Å². The van der Waals surface area contributed by atoms with Gasteiger partial charge < -0.3 is 20.4 Å². The number of aromatic nitrogens is 7. The fourth-order valence-electron chi connectivity index (χ4n) is 6.82. The van der Waals surface area contributed by atoms with Crippen LogP contribution < -0.4 is 10.5 Å². The molecule has 6 heterocycles. The second-order valence-corrected chi connectivity index (χ2v) is 11.3. The number of Topliss-reactive ketones (excluding diaryl/α,β-unsaturated/α-hetero) is 1. The van der Waals surface area contributed by atoms with Crippen LogP contribution in [0.2, 0.25) is 0 Å². The van der Waals surface area contributed by atoms with Crippen molar-refractivity contribution in [2.24, 2.45) is 0 Å². The molecular formula is C31H31N9O3. The number of nitrogen functional groups attached to an aromatic ring is 1. The Morgan fingerprint density at radius 3 is 2.47 bits per heavy atom. The maximum Gasteiger partial charge on any atom is 0.292 e. The number of ketones is 1. The number of fused-ring (bicyclic) bond motifs is 3. The number of pyridine rings is 1. The van der Waals surface area contributed by atoms with Gasteiger partial charge >= 0.3 is 0 Å². The number of rotatable bonds is 6. The van der Waals surface area contributed by atoms with E-state index in [0.29, 0.717) is 29.7 Å². The van der Waals surface area contributed by atoms with Crippen LogP contribution in [0.5, 0.6) is 5.75 Å². The molecule has 0 radical (unpaired) electrons. The summed E-state index contributed by atoms with van der Waals surface area (Å²) in [7, 11) is 1.66. The number of ether oxygens (including phenoxy) is 1. The lowest BCUT2D eigenvalue weighted by Crippen LogP contribution is -2.46. The lowest BCUT2D eigenvalue weighted by molar-refractivity contribution is 0.0556. The molecular weight excluding hydrogens is 546 g/mol. The largest absolute Gasteiger partial charge is 0.496 e. The summed E-state index contributed by atoms with van der Waals surface area (Å²) in [4.78, 5) is 40.7. The molecule has 218 valence electrons. The summed E-state index contributed by atoms with van der Waals surface area (Å²) < 4.78 is 6.92. The summed E-state index contributed by atoms with van der Waals surface area (Å²) >= 11 is 0. The van der Waals surface area contributed by atoms with Gasteiger partial charge in [0.2, 0.25) is 5.82 Å². The van der Waals surface area contributed by atoms with Gasteiger partial charge in [0.15, 0.2) is 11.4 Å². The summed E-state index contributed by atoms with van der Waals surface area (Å²) in [6, 6.07) is 9.96. The molecule has 2 bridgehead atoms. The highest BCUT2D eigenvalue weighted by molar-refractivity contribution is 6.00. The van der Waals surface area contributed by atoms with Gasteiger partial charge in [-0.1, -0.05) is 6.07 Å². The Labute approximate surface area is 247 Å². The molecule has 2 aliphatic rings. The Morgan fingerprint density at radius 2 is 1.84 bits per heavy atom. The number of hydrogen-bond acceptors (Lipinski definition) is 9. The molecule has 2 fully saturated rings. The molecule has 3 atom stereocenters. The third-order valence-corrected chi connectivity index (χ3v) is 8.80. The molecule has 3 N–H and O–H groups in total. The third-order valence-electron chi connectivity index (χ3n) is 8.80. The first-order chi connectivity index (χ1) is 20.8. The number of benzene rings is 1. The van der Waals surface area contributed by atoms with Crippen molar-refractivity contribution in [1.29, 1.82) is 0 Å². The van der Waals surface area contributed by atoms with Crippen molar-refractivity contribution in [2.45, 2.75) is 57.5 Å². The van der Waals surface area contributed by atoms with Crippen LogP contribution in [0, 0.1) is 6.92 Å². The van der Waals surface area contributed by atoms with Crippen molar-refractivity contribution >= 4 is 23.2 Å². The van der Waals surface area contributed by atoms with Crippen LogP contribution in [0.15, 0.2) is 49.1 Å². The SMILES string of the molecule is COc1ccc(-c2ccc(-c3cnn4c(N)c(C(C)=O)c([C@H]5C[C@H]6CC[C@@H](C5)N6C(=O)c5nnc[nH]5)nc34)cn2)cc1C. The van der Waals surface area contributed by atoms with E-state index in [1.54, 1.807) is 19.5 Å². The molecule has 1 aromatic carbocycles. The normalized spacial score (nSPS) is 19.6. The lowest BCUT2D eigenvalue weighted by atomic mass is 9.85. The highest BCUT2D eigenvalue weighted by atomic mass is 16.5. The number of nitrogens with one attached hydrogen (secondary N) is 1. The third kappa shape index (κ3) is 4.41.